The Morgan fingerprint density at radius 3 is 1.50 bits per heavy atom. The van der Waals surface area contributed by atoms with Crippen molar-refractivity contribution in [2.75, 3.05) is 0 Å². The Bertz CT molecular complexity index is 299. The predicted molar refractivity (Wildman–Crippen MR) is 58.2 cm³/mol. The third-order valence-corrected chi connectivity index (χ3v) is 3.05. The van der Waals surface area contributed by atoms with Crippen LogP contribution in [0.4, 0.5) is 0 Å². The number of thiazole rings is 2. The summed E-state index contributed by atoms with van der Waals surface area (Å²) in [6.07, 6.45) is 0. The topological polar surface area (TPSA) is 25.8 Å². The smallest absolute Gasteiger partial charge is 0.155 e. The molecule has 0 unspecified atom stereocenters. The Morgan fingerprint density at radius 1 is 0.833 bits per heavy atom. The molecule has 0 N–H and O–H groups in total. The van der Waals surface area contributed by atoms with Crippen LogP contribution in [-0.2, 0) is 0 Å². The lowest BCUT2D eigenvalue weighted by molar-refractivity contribution is 1.35. The van der Waals surface area contributed by atoms with E-state index in [1.54, 1.807) is 22.7 Å². The molecule has 0 atom stereocenters. The van der Waals surface area contributed by atoms with Gasteiger partial charge in [0.2, 0.25) is 0 Å². The molecule has 0 amide bonds. The Kier molecular flexibility index (Phi) is 3.80. The third-order valence-electron chi connectivity index (χ3n) is 1.19. The summed E-state index contributed by atoms with van der Waals surface area (Å²) in [5.74, 6) is 0. The highest BCUT2D eigenvalue weighted by Gasteiger charge is 2.03. The van der Waals surface area contributed by atoms with Crippen molar-refractivity contribution in [1.29, 1.82) is 0 Å². The van der Waals surface area contributed by atoms with Gasteiger partial charge in [0.25, 0.3) is 0 Å². The molecule has 2 nitrogen and oxygen atoms in total. The van der Waals surface area contributed by atoms with Crippen LogP contribution in [-0.4, -0.2) is 9.97 Å². The first-order valence-corrected chi connectivity index (χ1v) is 4.59. The minimum atomic E-state index is 0. The number of hydrogen-bond acceptors (Lipinski definition) is 4. The average Bonchev–Trinajstić information content (AvgIpc) is 2.21. The zero-order valence-corrected chi connectivity index (χ0v) is 7.34. The first-order valence-electron chi connectivity index (χ1n) is 2.96. The standard InChI is InChI=1S/C6H6N2S2.2CH4/c1-3-7-5-6(9-3)8-4(2)10-5;;/h1-2H3;2*1H4. The second-order valence-electron chi connectivity index (χ2n) is 2.08. The molecular formula is C8H14N2S2. The van der Waals surface area contributed by atoms with Gasteiger partial charge in [0.15, 0.2) is 9.66 Å². The highest BCUT2D eigenvalue weighted by molar-refractivity contribution is 7.26. The van der Waals surface area contributed by atoms with E-state index in [0.29, 0.717) is 0 Å². The first-order chi connectivity index (χ1) is 4.75. The molecule has 0 aliphatic heterocycles. The maximum Gasteiger partial charge on any atom is 0.155 e. The van der Waals surface area contributed by atoms with Gasteiger partial charge < -0.3 is 0 Å². The molecule has 0 aliphatic carbocycles. The van der Waals surface area contributed by atoms with Gasteiger partial charge >= 0.3 is 0 Å². The molecule has 68 valence electrons. The fourth-order valence-corrected chi connectivity index (χ4v) is 2.67. The van der Waals surface area contributed by atoms with Crippen molar-refractivity contribution >= 4 is 32.3 Å². The second-order valence-corrected chi connectivity index (χ2v) is 4.44. The summed E-state index contributed by atoms with van der Waals surface area (Å²) in [5, 5.41) is 2.21. The molecular weight excluding hydrogens is 188 g/mol. The van der Waals surface area contributed by atoms with Crippen LogP contribution in [0.5, 0.6) is 0 Å². The van der Waals surface area contributed by atoms with Crippen LogP contribution < -0.4 is 0 Å². The van der Waals surface area contributed by atoms with Gasteiger partial charge in [-0.3, -0.25) is 0 Å². The number of aromatic nitrogens is 2. The number of rotatable bonds is 0. The molecule has 2 aromatic rings. The molecule has 2 heterocycles. The van der Waals surface area contributed by atoms with Gasteiger partial charge in [-0.25, -0.2) is 9.97 Å². The van der Waals surface area contributed by atoms with E-state index in [1.807, 2.05) is 13.8 Å². The minimum absolute atomic E-state index is 0. The van der Waals surface area contributed by atoms with E-state index >= 15 is 0 Å². The molecule has 0 spiro atoms. The van der Waals surface area contributed by atoms with Crippen molar-refractivity contribution < 1.29 is 0 Å². The van der Waals surface area contributed by atoms with Crippen LogP contribution in [0.25, 0.3) is 9.66 Å². The Labute approximate surface area is 81.3 Å². The fraction of sp³-hybridized carbons (Fsp3) is 0.500. The van der Waals surface area contributed by atoms with Crippen molar-refractivity contribution in [3.63, 3.8) is 0 Å². The lowest BCUT2D eigenvalue weighted by Gasteiger charge is -1.73. The molecule has 0 saturated carbocycles. The summed E-state index contributed by atoms with van der Waals surface area (Å²) >= 11 is 3.32. The zero-order valence-electron chi connectivity index (χ0n) is 5.71. The Morgan fingerprint density at radius 2 is 1.17 bits per heavy atom. The Balaban J connectivity index is 0.000000605. The van der Waals surface area contributed by atoms with Crippen LogP contribution in [0.15, 0.2) is 0 Å². The average molecular weight is 202 g/mol. The monoisotopic (exact) mass is 202 g/mol. The van der Waals surface area contributed by atoms with Gasteiger partial charge in [0.1, 0.15) is 0 Å². The highest BCUT2D eigenvalue weighted by atomic mass is 32.1. The summed E-state index contributed by atoms with van der Waals surface area (Å²) in [6, 6.07) is 0. The van der Waals surface area contributed by atoms with Crippen molar-refractivity contribution in [2.24, 2.45) is 0 Å². The van der Waals surface area contributed by atoms with E-state index in [2.05, 4.69) is 9.97 Å². The van der Waals surface area contributed by atoms with Crippen LogP contribution in [0, 0.1) is 13.8 Å². The molecule has 0 radical (unpaired) electrons. The molecule has 4 heteroatoms. The number of aryl methyl sites for hydroxylation is 2. The highest BCUT2D eigenvalue weighted by Crippen LogP contribution is 2.25. The van der Waals surface area contributed by atoms with Crippen molar-refractivity contribution in [3.05, 3.63) is 10.0 Å². The van der Waals surface area contributed by atoms with Gasteiger partial charge in [-0.15, -0.1) is 0 Å². The number of fused-ring (bicyclic) bond motifs is 1. The largest absolute Gasteiger partial charge is 0.229 e. The summed E-state index contributed by atoms with van der Waals surface area (Å²) in [6.45, 7) is 4.02. The lowest BCUT2D eigenvalue weighted by Crippen LogP contribution is -1.61. The molecule has 0 aromatic carbocycles. The molecule has 0 aliphatic rings. The van der Waals surface area contributed by atoms with Crippen LogP contribution >= 0.6 is 22.7 Å². The zero-order chi connectivity index (χ0) is 7.14. The summed E-state index contributed by atoms with van der Waals surface area (Å²) in [4.78, 5) is 10.8. The quantitative estimate of drug-likeness (QED) is 0.652. The fourth-order valence-electron chi connectivity index (χ4n) is 0.840. The van der Waals surface area contributed by atoms with E-state index in [9.17, 15) is 0 Å². The molecule has 12 heavy (non-hydrogen) atoms. The molecule has 0 fully saturated rings. The normalized spacial score (nSPS) is 9.17. The summed E-state index contributed by atoms with van der Waals surface area (Å²) in [5.41, 5.74) is 0. The summed E-state index contributed by atoms with van der Waals surface area (Å²) < 4.78 is 0. The number of nitrogens with zero attached hydrogens (tertiary/aromatic N) is 2. The predicted octanol–water partition coefficient (Wildman–Crippen LogP) is 3.64. The van der Waals surface area contributed by atoms with E-state index in [1.165, 1.54) is 0 Å². The number of hydrogen-bond donors (Lipinski definition) is 0. The van der Waals surface area contributed by atoms with Crippen molar-refractivity contribution in [3.8, 4) is 0 Å². The van der Waals surface area contributed by atoms with E-state index < -0.39 is 0 Å². The van der Waals surface area contributed by atoms with Gasteiger partial charge in [-0.1, -0.05) is 37.5 Å². The molecule has 2 rings (SSSR count). The Hall–Kier alpha value is -0.480. The maximum absolute atomic E-state index is 4.31. The minimum Gasteiger partial charge on any atom is -0.229 e. The van der Waals surface area contributed by atoms with E-state index in [-0.39, 0.29) is 14.9 Å². The SMILES string of the molecule is C.C.Cc1nc2sc(C)nc2s1. The second kappa shape index (κ2) is 3.96. The summed E-state index contributed by atoms with van der Waals surface area (Å²) in [7, 11) is 0. The van der Waals surface area contributed by atoms with Crippen LogP contribution in [0.2, 0.25) is 0 Å². The van der Waals surface area contributed by atoms with Crippen LogP contribution in [0.1, 0.15) is 24.9 Å². The van der Waals surface area contributed by atoms with Gasteiger partial charge in [-0.05, 0) is 13.8 Å². The first kappa shape index (κ1) is 11.5. The van der Waals surface area contributed by atoms with Crippen molar-refractivity contribution in [2.45, 2.75) is 28.7 Å². The third kappa shape index (κ3) is 1.81. The van der Waals surface area contributed by atoms with Gasteiger partial charge in [0.05, 0.1) is 10.0 Å². The van der Waals surface area contributed by atoms with E-state index in [4.69, 9.17) is 0 Å². The maximum atomic E-state index is 4.31. The lowest BCUT2D eigenvalue weighted by atomic mass is 10.8. The van der Waals surface area contributed by atoms with Crippen molar-refractivity contribution in [1.82, 2.24) is 9.97 Å². The van der Waals surface area contributed by atoms with Gasteiger partial charge in [-0.2, -0.15) is 0 Å². The molecule has 0 saturated heterocycles. The van der Waals surface area contributed by atoms with E-state index in [0.717, 1.165) is 19.7 Å². The van der Waals surface area contributed by atoms with Crippen LogP contribution in [0.3, 0.4) is 0 Å². The van der Waals surface area contributed by atoms with Gasteiger partial charge in [0, 0.05) is 0 Å². The molecule has 0 bridgehead atoms. The molecule has 2 aromatic heterocycles.